The van der Waals surface area contributed by atoms with Crippen LogP contribution < -0.4 is 9.04 Å². The standard InChI is InChI=1S/C19H20ClNO7S/c1-12-14(19(23)28-4)6-5-7-16(12)21(11-18(22)27-3)29(24,25)13-8-9-17(26-2)15(20)10-13/h5-10H,11H2,1-4H3. The molecule has 0 fully saturated rings. The fraction of sp³-hybridized carbons (Fsp3) is 0.263. The van der Waals surface area contributed by atoms with Crippen LogP contribution in [-0.4, -0.2) is 48.2 Å². The Hall–Kier alpha value is -2.78. The van der Waals surface area contributed by atoms with E-state index in [1.165, 1.54) is 50.6 Å². The molecule has 0 bridgehead atoms. The third-order valence-electron chi connectivity index (χ3n) is 4.19. The first-order chi connectivity index (χ1) is 13.7. The number of esters is 2. The van der Waals surface area contributed by atoms with Gasteiger partial charge >= 0.3 is 11.9 Å². The molecule has 2 rings (SSSR count). The molecule has 0 radical (unpaired) electrons. The molecule has 156 valence electrons. The van der Waals surface area contributed by atoms with Gasteiger partial charge < -0.3 is 14.2 Å². The Labute approximate surface area is 174 Å². The first-order valence-corrected chi connectivity index (χ1v) is 10.1. The van der Waals surface area contributed by atoms with E-state index in [4.69, 9.17) is 21.1 Å². The molecule has 0 aliphatic rings. The van der Waals surface area contributed by atoms with Crippen molar-refractivity contribution in [1.29, 1.82) is 0 Å². The molecule has 0 aliphatic carbocycles. The van der Waals surface area contributed by atoms with E-state index in [0.29, 0.717) is 11.3 Å². The zero-order valence-electron chi connectivity index (χ0n) is 16.3. The normalized spacial score (nSPS) is 10.9. The second-order valence-corrected chi connectivity index (χ2v) is 8.09. The highest BCUT2D eigenvalue weighted by atomic mass is 35.5. The van der Waals surface area contributed by atoms with Crippen molar-refractivity contribution in [3.05, 3.63) is 52.5 Å². The van der Waals surface area contributed by atoms with Crippen molar-refractivity contribution in [1.82, 2.24) is 0 Å². The number of benzene rings is 2. The summed E-state index contributed by atoms with van der Waals surface area (Å²) in [5, 5.41) is 0.0895. The monoisotopic (exact) mass is 441 g/mol. The molecule has 10 heteroatoms. The van der Waals surface area contributed by atoms with Crippen molar-refractivity contribution in [2.24, 2.45) is 0 Å². The predicted octanol–water partition coefficient (Wildman–Crippen LogP) is 2.81. The molecular formula is C19H20ClNO7S. The molecule has 0 aliphatic heterocycles. The number of sulfonamides is 1. The number of carbonyl (C=O) groups excluding carboxylic acids is 2. The number of hydrogen-bond donors (Lipinski definition) is 0. The zero-order chi connectivity index (χ0) is 21.8. The molecule has 29 heavy (non-hydrogen) atoms. The lowest BCUT2D eigenvalue weighted by Gasteiger charge is -2.26. The van der Waals surface area contributed by atoms with Crippen LogP contribution >= 0.6 is 11.6 Å². The second-order valence-electron chi connectivity index (χ2n) is 5.83. The maximum absolute atomic E-state index is 13.3. The van der Waals surface area contributed by atoms with Crippen molar-refractivity contribution in [2.75, 3.05) is 32.2 Å². The number of ether oxygens (including phenoxy) is 3. The van der Waals surface area contributed by atoms with Crippen LogP contribution in [0.15, 0.2) is 41.3 Å². The van der Waals surface area contributed by atoms with Crippen molar-refractivity contribution in [3.63, 3.8) is 0 Å². The summed E-state index contributed by atoms with van der Waals surface area (Å²) in [4.78, 5) is 23.8. The lowest BCUT2D eigenvalue weighted by molar-refractivity contribution is -0.138. The molecular weight excluding hydrogens is 422 g/mol. The second kappa shape index (κ2) is 9.15. The largest absolute Gasteiger partial charge is 0.495 e. The third-order valence-corrected chi connectivity index (χ3v) is 6.24. The minimum absolute atomic E-state index is 0.0895. The summed E-state index contributed by atoms with van der Waals surface area (Å²) in [6, 6.07) is 8.41. The Morgan fingerprint density at radius 1 is 1.07 bits per heavy atom. The van der Waals surface area contributed by atoms with Gasteiger partial charge in [0.25, 0.3) is 10.0 Å². The topological polar surface area (TPSA) is 99.2 Å². The minimum Gasteiger partial charge on any atom is -0.495 e. The first kappa shape index (κ1) is 22.5. The average molecular weight is 442 g/mol. The van der Waals surface area contributed by atoms with Crippen LogP contribution in [0.2, 0.25) is 5.02 Å². The van der Waals surface area contributed by atoms with Crippen LogP contribution in [0, 0.1) is 6.92 Å². The fourth-order valence-electron chi connectivity index (χ4n) is 2.64. The quantitative estimate of drug-likeness (QED) is 0.609. The minimum atomic E-state index is -4.24. The molecule has 0 heterocycles. The van der Waals surface area contributed by atoms with Crippen LogP contribution in [-0.2, 0) is 24.3 Å². The zero-order valence-corrected chi connectivity index (χ0v) is 17.8. The molecule has 2 aromatic carbocycles. The van der Waals surface area contributed by atoms with Crippen molar-refractivity contribution < 1.29 is 32.2 Å². The highest BCUT2D eigenvalue weighted by Crippen LogP contribution is 2.32. The Morgan fingerprint density at radius 2 is 1.76 bits per heavy atom. The Bertz CT molecular complexity index is 1040. The van der Waals surface area contributed by atoms with Gasteiger partial charge in [0.2, 0.25) is 0 Å². The van der Waals surface area contributed by atoms with E-state index in [1.54, 1.807) is 6.92 Å². The van der Waals surface area contributed by atoms with Gasteiger partial charge in [0, 0.05) is 0 Å². The van der Waals surface area contributed by atoms with E-state index in [1.807, 2.05) is 0 Å². The van der Waals surface area contributed by atoms with Gasteiger partial charge in [0.05, 0.1) is 42.5 Å². The molecule has 0 atom stereocenters. The third kappa shape index (κ3) is 4.63. The molecule has 0 unspecified atom stereocenters. The van der Waals surface area contributed by atoms with E-state index in [9.17, 15) is 18.0 Å². The summed E-state index contributed by atoms with van der Waals surface area (Å²) in [6.07, 6.45) is 0. The van der Waals surface area contributed by atoms with Crippen LogP contribution in [0.3, 0.4) is 0 Å². The first-order valence-electron chi connectivity index (χ1n) is 8.28. The maximum Gasteiger partial charge on any atom is 0.338 e. The Morgan fingerprint density at radius 3 is 2.31 bits per heavy atom. The van der Waals surface area contributed by atoms with E-state index < -0.39 is 28.5 Å². The van der Waals surface area contributed by atoms with Crippen LogP contribution in [0.5, 0.6) is 5.75 Å². The van der Waals surface area contributed by atoms with E-state index in [0.717, 1.165) is 11.4 Å². The van der Waals surface area contributed by atoms with Gasteiger partial charge in [-0.25, -0.2) is 13.2 Å². The number of halogens is 1. The maximum atomic E-state index is 13.3. The summed E-state index contributed by atoms with van der Waals surface area (Å²) in [6.45, 7) is 0.955. The number of hydrogen-bond acceptors (Lipinski definition) is 7. The van der Waals surface area contributed by atoms with Gasteiger partial charge in [-0.05, 0) is 42.8 Å². The predicted molar refractivity (Wildman–Crippen MR) is 107 cm³/mol. The fourth-order valence-corrected chi connectivity index (χ4v) is 4.46. The highest BCUT2D eigenvalue weighted by Gasteiger charge is 2.30. The number of nitrogens with zero attached hydrogens (tertiary/aromatic N) is 1. The Balaban J connectivity index is 2.67. The molecule has 8 nitrogen and oxygen atoms in total. The summed E-state index contributed by atoms with van der Waals surface area (Å²) in [5.41, 5.74) is 0.625. The highest BCUT2D eigenvalue weighted by molar-refractivity contribution is 7.92. The number of methoxy groups -OCH3 is 3. The van der Waals surface area contributed by atoms with Crippen molar-refractivity contribution in [3.8, 4) is 5.75 Å². The molecule has 0 N–H and O–H groups in total. The molecule has 0 spiro atoms. The smallest absolute Gasteiger partial charge is 0.338 e. The molecule has 0 saturated heterocycles. The number of rotatable bonds is 7. The molecule has 2 aromatic rings. The average Bonchev–Trinajstić information content (AvgIpc) is 2.71. The van der Waals surface area contributed by atoms with Gasteiger partial charge in [0.1, 0.15) is 12.3 Å². The summed E-state index contributed by atoms with van der Waals surface area (Å²) >= 11 is 6.08. The van der Waals surface area contributed by atoms with E-state index in [-0.39, 0.29) is 21.2 Å². The van der Waals surface area contributed by atoms with Gasteiger partial charge in [-0.15, -0.1) is 0 Å². The SMILES string of the molecule is COC(=O)CN(c1cccc(C(=O)OC)c1C)S(=O)(=O)c1ccc(OC)c(Cl)c1. The van der Waals surface area contributed by atoms with E-state index in [2.05, 4.69) is 4.74 Å². The number of carbonyl (C=O) groups is 2. The lowest BCUT2D eigenvalue weighted by Crippen LogP contribution is -2.37. The van der Waals surface area contributed by atoms with Crippen molar-refractivity contribution in [2.45, 2.75) is 11.8 Å². The number of anilines is 1. The molecule has 0 amide bonds. The lowest BCUT2D eigenvalue weighted by atomic mass is 10.1. The van der Waals surface area contributed by atoms with Gasteiger partial charge in [-0.1, -0.05) is 17.7 Å². The molecule has 0 saturated carbocycles. The molecule has 0 aromatic heterocycles. The van der Waals surface area contributed by atoms with Crippen LogP contribution in [0.25, 0.3) is 0 Å². The van der Waals surface area contributed by atoms with Crippen LogP contribution in [0.1, 0.15) is 15.9 Å². The summed E-state index contributed by atoms with van der Waals surface area (Å²) in [5.74, 6) is -1.11. The Kier molecular flexibility index (Phi) is 7.10. The van der Waals surface area contributed by atoms with Gasteiger partial charge in [-0.2, -0.15) is 0 Å². The summed E-state index contributed by atoms with van der Waals surface area (Å²) < 4.78 is 42.0. The van der Waals surface area contributed by atoms with Crippen molar-refractivity contribution >= 4 is 39.3 Å². The van der Waals surface area contributed by atoms with Gasteiger partial charge in [0.15, 0.2) is 0 Å². The van der Waals surface area contributed by atoms with Crippen LogP contribution in [0.4, 0.5) is 5.69 Å². The van der Waals surface area contributed by atoms with E-state index >= 15 is 0 Å². The summed E-state index contributed by atoms with van der Waals surface area (Å²) in [7, 11) is -0.468. The van der Waals surface area contributed by atoms with Gasteiger partial charge in [-0.3, -0.25) is 9.10 Å².